The van der Waals surface area contributed by atoms with Crippen LogP contribution in [0.25, 0.3) is 0 Å². The van der Waals surface area contributed by atoms with Crippen molar-refractivity contribution < 1.29 is 4.42 Å². The number of benzene rings is 1. The molecular weight excluding hydrogens is 226 g/mol. The maximum Gasteiger partial charge on any atom is 0.146 e. The molecule has 4 nitrogen and oxygen atoms in total. The summed E-state index contributed by atoms with van der Waals surface area (Å²) in [5.41, 5.74) is 2.17. The zero-order valence-electron chi connectivity index (χ0n) is 10.4. The van der Waals surface area contributed by atoms with Gasteiger partial charge in [-0.2, -0.15) is 10.2 Å². The van der Waals surface area contributed by atoms with Gasteiger partial charge in [-0.05, 0) is 29.8 Å². The van der Waals surface area contributed by atoms with Crippen molar-refractivity contribution >= 4 is 18.1 Å². The smallest absolute Gasteiger partial charge is 0.146 e. The molecule has 0 aliphatic carbocycles. The number of hydrogen-bond donors (Lipinski definition) is 0. The van der Waals surface area contributed by atoms with Crippen molar-refractivity contribution in [3.05, 3.63) is 54.0 Å². The predicted octanol–water partition coefficient (Wildman–Crippen LogP) is 2.80. The average molecular weight is 241 g/mol. The minimum Gasteiger partial charge on any atom is -0.463 e. The summed E-state index contributed by atoms with van der Waals surface area (Å²) in [6.45, 7) is 0. The van der Waals surface area contributed by atoms with Crippen LogP contribution in [0.2, 0.25) is 0 Å². The molecule has 2 aromatic rings. The van der Waals surface area contributed by atoms with Gasteiger partial charge in [0.25, 0.3) is 0 Å². The summed E-state index contributed by atoms with van der Waals surface area (Å²) < 4.78 is 5.10. The Bertz CT molecular complexity index is 525. The molecule has 0 aliphatic heterocycles. The van der Waals surface area contributed by atoms with Gasteiger partial charge in [-0.3, -0.25) is 0 Å². The van der Waals surface area contributed by atoms with Crippen LogP contribution in [0, 0.1) is 0 Å². The monoisotopic (exact) mass is 241 g/mol. The molecule has 1 heterocycles. The summed E-state index contributed by atoms with van der Waals surface area (Å²) in [4.78, 5) is 2.05. The van der Waals surface area contributed by atoms with E-state index in [1.54, 1.807) is 18.7 Å². The highest BCUT2D eigenvalue weighted by Crippen LogP contribution is 2.10. The second-order valence-corrected chi connectivity index (χ2v) is 3.99. The normalized spacial score (nSPS) is 11.4. The third-order valence-electron chi connectivity index (χ3n) is 2.41. The lowest BCUT2D eigenvalue weighted by atomic mass is 10.2. The number of hydrogen-bond acceptors (Lipinski definition) is 4. The van der Waals surface area contributed by atoms with Gasteiger partial charge in [0.15, 0.2) is 0 Å². The first-order chi connectivity index (χ1) is 8.75. The maximum atomic E-state index is 5.10. The van der Waals surface area contributed by atoms with Crippen LogP contribution in [0.4, 0.5) is 5.69 Å². The Morgan fingerprint density at radius 1 is 1.00 bits per heavy atom. The lowest BCUT2D eigenvalue weighted by Gasteiger charge is -2.11. The fraction of sp³-hybridized carbons (Fsp3) is 0.143. The van der Waals surface area contributed by atoms with E-state index in [-0.39, 0.29) is 0 Å². The summed E-state index contributed by atoms with van der Waals surface area (Å²) in [6.07, 6.45) is 4.88. The van der Waals surface area contributed by atoms with Gasteiger partial charge < -0.3 is 9.32 Å². The van der Waals surface area contributed by atoms with Crippen molar-refractivity contribution in [3.63, 3.8) is 0 Å². The highest BCUT2D eigenvalue weighted by molar-refractivity contribution is 5.81. The number of furan rings is 1. The molecular formula is C14H15N3O. The Morgan fingerprint density at radius 2 is 1.72 bits per heavy atom. The molecule has 0 bridgehead atoms. The van der Waals surface area contributed by atoms with E-state index in [1.165, 1.54) is 0 Å². The third kappa shape index (κ3) is 3.31. The van der Waals surface area contributed by atoms with Crippen molar-refractivity contribution in [1.29, 1.82) is 0 Å². The summed E-state index contributed by atoms with van der Waals surface area (Å²) in [6, 6.07) is 11.7. The van der Waals surface area contributed by atoms with E-state index in [4.69, 9.17) is 4.42 Å². The van der Waals surface area contributed by atoms with Crippen LogP contribution < -0.4 is 4.90 Å². The van der Waals surface area contributed by atoms with Crippen molar-refractivity contribution in [1.82, 2.24) is 0 Å². The molecule has 18 heavy (non-hydrogen) atoms. The average Bonchev–Trinajstić information content (AvgIpc) is 2.88. The Balaban J connectivity index is 1.97. The topological polar surface area (TPSA) is 41.1 Å². The van der Waals surface area contributed by atoms with Gasteiger partial charge in [0.2, 0.25) is 0 Å². The molecule has 0 fully saturated rings. The van der Waals surface area contributed by atoms with Gasteiger partial charge in [0, 0.05) is 19.8 Å². The maximum absolute atomic E-state index is 5.10. The summed E-state index contributed by atoms with van der Waals surface area (Å²) in [5.74, 6) is 0.690. The molecule has 0 N–H and O–H groups in total. The Kier molecular flexibility index (Phi) is 3.91. The second kappa shape index (κ2) is 5.82. The summed E-state index contributed by atoms with van der Waals surface area (Å²) >= 11 is 0. The minimum absolute atomic E-state index is 0.690. The molecule has 0 saturated carbocycles. The number of rotatable bonds is 4. The fourth-order valence-corrected chi connectivity index (χ4v) is 1.41. The molecule has 92 valence electrons. The second-order valence-electron chi connectivity index (χ2n) is 3.99. The molecule has 1 aromatic heterocycles. The van der Waals surface area contributed by atoms with Crippen LogP contribution in [0.1, 0.15) is 11.3 Å². The van der Waals surface area contributed by atoms with Gasteiger partial charge in [-0.25, -0.2) is 0 Å². The summed E-state index contributed by atoms with van der Waals surface area (Å²) in [5, 5.41) is 7.87. The lowest BCUT2D eigenvalue weighted by molar-refractivity contribution is 0.560. The Morgan fingerprint density at radius 3 is 2.33 bits per heavy atom. The van der Waals surface area contributed by atoms with Crippen molar-refractivity contribution in [2.75, 3.05) is 19.0 Å². The quantitative estimate of drug-likeness (QED) is 0.610. The fourth-order valence-electron chi connectivity index (χ4n) is 1.41. The first kappa shape index (κ1) is 12.1. The molecule has 2 rings (SSSR count). The lowest BCUT2D eigenvalue weighted by Crippen LogP contribution is -2.08. The SMILES string of the molecule is CN(C)c1ccc(/C=N/N=C\c2ccco2)cc1. The van der Waals surface area contributed by atoms with Gasteiger partial charge in [-0.1, -0.05) is 12.1 Å². The van der Waals surface area contributed by atoms with E-state index < -0.39 is 0 Å². The van der Waals surface area contributed by atoms with Crippen LogP contribution in [0.15, 0.2) is 57.3 Å². The van der Waals surface area contributed by atoms with E-state index in [0.717, 1.165) is 11.3 Å². The predicted molar refractivity (Wildman–Crippen MR) is 74.7 cm³/mol. The van der Waals surface area contributed by atoms with Gasteiger partial charge >= 0.3 is 0 Å². The highest BCUT2D eigenvalue weighted by atomic mass is 16.3. The van der Waals surface area contributed by atoms with E-state index >= 15 is 0 Å². The molecule has 0 spiro atoms. The molecule has 0 amide bonds. The van der Waals surface area contributed by atoms with E-state index in [2.05, 4.69) is 15.1 Å². The standard InChI is InChI=1S/C14H15N3O/c1-17(2)13-7-5-12(6-8-13)10-15-16-11-14-4-3-9-18-14/h3-11H,1-2H3/b15-10+,16-11-. The van der Waals surface area contributed by atoms with Crippen molar-refractivity contribution in [2.45, 2.75) is 0 Å². The van der Waals surface area contributed by atoms with Crippen LogP contribution in [-0.4, -0.2) is 26.5 Å². The van der Waals surface area contributed by atoms with Gasteiger partial charge in [-0.15, -0.1) is 0 Å². The van der Waals surface area contributed by atoms with Crippen molar-refractivity contribution in [2.24, 2.45) is 10.2 Å². The Hall–Kier alpha value is -2.36. The zero-order chi connectivity index (χ0) is 12.8. The van der Waals surface area contributed by atoms with Gasteiger partial charge in [0.1, 0.15) is 5.76 Å². The van der Waals surface area contributed by atoms with Crippen molar-refractivity contribution in [3.8, 4) is 0 Å². The first-order valence-electron chi connectivity index (χ1n) is 5.63. The molecule has 0 aliphatic rings. The van der Waals surface area contributed by atoms with Crippen LogP contribution in [0.3, 0.4) is 0 Å². The molecule has 1 aromatic carbocycles. The van der Waals surface area contributed by atoms with Crippen LogP contribution in [0.5, 0.6) is 0 Å². The molecule has 0 atom stereocenters. The van der Waals surface area contributed by atoms with E-state index in [1.807, 2.05) is 50.5 Å². The molecule has 0 unspecified atom stereocenters. The molecule has 4 heteroatoms. The molecule has 0 saturated heterocycles. The molecule has 0 radical (unpaired) electrons. The Labute approximate surface area is 106 Å². The zero-order valence-corrected chi connectivity index (χ0v) is 10.4. The number of nitrogens with zero attached hydrogens (tertiary/aromatic N) is 3. The van der Waals surface area contributed by atoms with Gasteiger partial charge in [0.05, 0.1) is 18.7 Å². The first-order valence-corrected chi connectivity index (χ1v) is 5.63. The van der Waals surface area contributed by atoms with Crippen LogP contribution in [-0.2, 0) is 0 Å². The minimum atomic E-state index is 0.690. The number of anilines is 1. The largest absolute Gasteiger partial charge is 0.463 e. The van der Waals surface area contributed by atoms with E-state index in [0.29, 0.717) is 5.76 Å². The third-order valence-corrected chi connectivity index (χ3v) is 2.41. The summed E-state index contributed by atoms with van der Waals surface area (Å²) in [7, 11) is 4.02. The van der Waals surface area contributed by atoms with E-state index in [9.17, 15) is 0 Å². The van der Waals surface area contributed by atoms with Crippen LogP contribution >= 0.6 is 0 Å². The highest BCUT2D eigenvalue weighted by Gasteiger charge is 1.93.